The van der Waals surface area contributed by atoms with Crippen LogP contribution in [-0.4, -0.2) is 38.5 Å². The maximum atomic E-state index is 12.3. The van der Waals surface area contributed by atoms with Gasteiger partial charge in [0.1, 0.15) is 5.76 Å². The quantitative estimate of drug-likeness (QED) is 0.505. The van der Waals surface area contributed by atoms with Crippen molar-refractivity contribution >= 4 is 17.7 Å². The lowest BCUT2D eigenvalue weighted by molar-refractivity contribution is -0.127. The number of hydrogen-bond acceptors (Lipinski definition) is 6. The number of benzene rings is 1. The number of amides is 1. The number of nitrogens with two attached hydrogens (primary N) is 1. The number of carbonyl (C=O) groups is 1. The van der Waals surface area contributed by atoms with Gasteiger partial charge >= 0.3 is 0 Å². The third-order valence-corrected chi connectivity index (χ3v) is 5.33. The van der Waals surface area contributed by atoms with Gasteiger partial charge in [-0.05, 0) is 23.1 Å². The van der Waals surface area contributed by atoms with Crippen molar-refractivity contribution in [1.82, 2.24) is 19.8 Å². The summed E-state index contributed by atoms with van der Waals surface area (Å²) >= 11 is 1.26. The van der Waals surface area contributed by atoms with Crippen LogP contribution in [0.5, 0.6) is 0 Å². The molecule has 8 heteroatoms. The third kappa shape index (κ3) is 4.56. The first-order valence-electron chi connectivity index (χ1n) is 8.96. The number of hydrogen-bond donors (Lipinski definition) is 1. The molecule has 0 aliphatic carbocycles. The van der Waals surface area contributed by atoms with Crippen molar-refractivity contribution < 1.29 is 9.21 Å². The van der Waals surface area contributed by atoms with E-state index in [0.717, 1.165) is 11.3 Å². The molecule has 3 rings (SSSR count). The van der Waals surface area contributed by atoms with E-state index in [0.29, 0.717) is 17.5 Å². The van der Waals surface area contributed by atoms with E-state index in [9.17, 15) is 4.79 Å². The van der Waals surface area contributed by atoms with Crippen molar-refractivity contribution in [3.8, 4) is 11.4 Å². The molecule has 0 aliphatic rings. The molecule has 7 nitrogen and oxygen atoms in total. The van der Waals surface area contributed by atoms with Crippen molar-refractivity contribution in [1.29, 1.82) is 0 Å². The zero-order valence-corrected chi connectivity index (χ0v) is 17.4. The largest absolute Gasteiger partial charge is 0.467 e. The summed E-state index contributed by atoms with van der Waals surface area (Å²) < 4.78 is 6.70. The Bertz CT molecular complexity index is 927. The van der Waals surface area contributed by atoms with E-state index < -0.39 is 0 Å². The Labute approximate surface area is 168 Å². The summed E-state index contributed by atoms with van der Waals surface area (Å²) in [6.45, 7) is 6.93. The molecular weight excluding hydrogens is 374 g/mol. The monoisotopic (exact) mass is 399 g/mol. The number of aromatic nitrogens is 3. The van der Waals surface area contributed by atoms with Crippen LogP contribution in [0.3, 0.4) is 0 Å². The molecule has 1 aromatic carbocycles. The van der Waals surface area contributed by atoms with Gasteiger partial charge in [-0.15, -0.1) is 10.2 Å². The van der Waals surface area contributed by atoms with Crippen LogP contribution in [0.4, 0.5) is 0 Å². The lowest BCUT2D eigenvalue weighted by Crippen LogP contribution is -2.27. The molecule has 148 valence electrons. The standard InChI is InChI=1S/C20H25N5O2S/c1-20(2,3)15-9-7-14(8-10-15)18-22-23-19(25(18)21)28-13-17(26)24(4)12-16-6-5-11-27-16/h5-11H,12-13,21H2,1-4H3. The number of nitrogens with zero attached hydrogens (tertiary/aromatic N) is 4. The number of furan rings is 1. The molecule has 0 aliphatic heterocycles. The Morgan fingerprint density at radius 1 is 1.21 bits per heavy atom. The normalized spacial score (nSPS) is 11.6. The summed E-state index contributed by atoms with van der Waals surface area (Å²) in [4.78, 5) is 13.9. The van der Waals surface area contributed by atoms with Crippen LogP contribution in [0.25, 0.3) is 11.4 Å². The summed E-state index contributed by atoms with van der Waals surface area (Å²) in [5.41, 5.74) is 2.20. The van der Waals surface area contributed by atoms with Crippen molar-refractivity contribution in [2.24, 2.45) is 0 Å². The van der Waals surface area contributed by atoms with E-state index in [1.165, 1.54) is 22.0 Å². The predicted octanol–water partition coefficient (Wildman–Crippen LogP) is 3.30. The van der Waals surface area contributed by atoms with Gasteiger partial charge < -0.3 is 15.2 Å². The lowest BCUT2D eigenvalue weighted by atomic mass is 9.87. The molecule has 0 spiro atoms. The smallest absolute Gasteiger partial charge is 0.233 e. The van der Waals surface area contributed by atoms with E-state index >= 15 is 0 Å². The first-order valence-corrected chi connectivity index (χ1v) is 9.95. The van der Waals surface area contributed by atoms with Gasteiger partial charge in [0.25, 0.3) is 0 Å². The molecule has 0 bridgehead atoms. The number of rotatable bonds is 6. The summed E-state index contributed by atoms with van der Waals surface area (Å²) in [6, 6.07) is 11.8. The topological polar surface area (TPSA) is 90.2 Å². The van der Waals surface area contributed by atoms with Crippen molar-refractivity contribution in [3.05, 3.63) is 54.0 Å². The highest BCUT2D eigenvalue weighted by Crippen LogP contribution is 2.26. The first-order chi connectivity index (χ1) is 13.3. The fourth-order valence-corrected chi connectivity index (χ4v) is 3.45. The molecule has 0 saturated carbocycles. The van der Waals surface area contributed by atoms with E-state index in [2.05, 4.69) is 43.1 Å². The third-order valence-electron chi connectivity index (χ3n) is 4.40. The summed E-state index contributed by atoms with van der Waals surface area (Å²) in [7, 11) is 1.74. The van der Waals surface area contributed by atoms with E-state index in [-0.39, 0.29) is 17.1 Å². The number of carbonyl (C=O) groups excluding carboxylic acids is 1. The first kappa shape index (κ1) is 20.0. The van der Waals surface area contributed by atoms with E-state index in [1.807, 2.05) is 18.2 Å². The van der Waals surface area contributed by atoms with Crippen LogP contribution in [0.1, 0.15) is 32.1 Å². The molecule has 28 heavy (non-hydrogen) atoms. The van der Waals surface area contributed by atoms with Crippen LogP contribution < -0.4 is 5.84 Å². The number of thioether (sulfide) groups is 1. The maximum absolute atomic E-state index is 12.3. The summed E-state index contributed by atoms with van der Waals surface area (Å²) in [5.74, 6) is 7.65. The van der Waals surface area contributed by atoms with E-state index in [1.54, 1.807) is 24.3 Å². The molecule has 0 radical (unpaired) electrons. The minimum absolute atomic E-state index is 0.0412. The fourth-order valence-electron chi connectivity index (χ4n) is 2.65. The van der Waals surface area contributed by atoms with Gasteiger partial charge in [0.15, 0.2) is 5.82 Å². The molecule has 0 saturated heterocycles. The molecule has 2 N–H and O–H groups in total. The zero-order valence-electron chi connectivity index (χ0n) is 16.5. The Kier molecular flexibility index (Phi) is 5.79. The minimum Gasteiger partial charge on any atom is -0.467 e. The van der Waals surface area contributed by atoms with Gasteiger partial charge in [0, 0.05) is 12.6 Å². The van der Waals surface area contributed by atoms with Crippen molar-refractivity contribution in [2.45, 2.75) is 37.9 Å². The summed E-state index contributed by atoms with van der Waals surface area (Å²) in [5, 5.41) is 8.82. The average Bonchev–Trinajstić information content (AvgIpc) is 3.29. The SMILES string of the molecule is CN(Cc1ccco1)C(=O)CSc1nnc(-c2ccc(C(C)(C)C)cc2)n1N. The van der Waals surface area contributed by atoms with Crippen LogP contribution >= 0.6 is 11.8 Å². The van der Waals surface area contributed by atoms with Crippen LogP contribution in [0, 0.1) is 0 Å². The summed E-state index contributed by atoms with van der Waals surface area (Å²) in [6.07, 6.45) is 1.59. The van der Waals surface area contributed by atoms with Gasteiger partial charge in [-0.2, -0.15) is 0 Å². The molecule has 3 aromatic rings. The zero-order chi connectivity index (χ0) is 20.3. The molecule has 1 amide bonds. The van der Waals surface area contributed by atoms with Gasteiger partial charge in [-0.3, -0.25) is 4.79 Å². The molecule has 2 heterocycles. The Hall–Kier alpha value is -2.74. The highest BCUT2D eigenvalue weighted by atomic mass is 32.2. The van der Waals surface area contributed by atoms with Crippen LogP contribution in [0.2, 0.25) is 0 Å². The maximum Gasteiger partial charge on any atom is 0.233 e. The van der Waals surface area contributed by atoms with Crippen LogP contribution in [0.15, 0.2) is 52.2 Å². The minimum atomic E-state index is -0.0412. The second kappa shape index (κ2) is 8.10. The number of nitrogen functional groups attached to an aromatic ring is 1. The Morgan fingerprint density at radius 3 is 2.54 bits per heavy atom. The molecule has 0 unspecified atom stereocenters. The van der Waals surface area contributed by atoms with Gasteiger partial charge in [-0.25, -0.2) is 4.68 Å². The van der Waals surface area contributed by atoms with Crippen molar-refractivity contribution in [2.75, 3.05) is 18.6 Å². The van der Waals surface area contributed by atoms with E-state index in [4.69, 9.17) is 10.3 Å². The van der Waals surface area contributed by atoms with Gasteiger partial charge in [0.05, 0.1) is 18.6 Å². The molecule has 2 aromatic heterocycles. The van der Waals surface area contributed by atoms with Crippen LogP contribution in [-0.2, 0) is 16.8 Å². The molecule has 0 fully saturated rings. The highest BCUT2D eigenvalue weighted by Gasteiger charge is 2.18. The highest BCUT2D eigenvalue weighted by molar-refractivity contribution is 7.99. The Morgan fingerprint density at radius 2 is 1.93 bits per heavy atom. The lowest BCUT2D eigenvalue weighted by Gasteiger charge is -2.19. The fraction of sp³-hybridized carbons (Fsp3) is 0.350. The van der Waals surface area contributed by atoms with Gasteiger partial charge in [-0.1, -0.05) is 56.8 Å². The Balaban J connectivity index is 1.64. The molecule has 0 atom stereocenters. The van der Waals surface area contributed by atoms with Crippen molar-refractivity contribution in [3.63, 3.8) is 0 Å². The second-order valence-electron chi connectivity index (χ2n) is 7.62. The second-order valence-corrected chi connectivity index (χ2v) is 8.56. The van der Waals surface area contributed by atoms with Gasteiger partial charge in [0.2, 0.25) is 11.1 Å². The predicted molar refractivity (Wildman–Crippen MR) is 110 cm³/mol. The molecular formula is C20H25N5O2S. The average molecular weight is 400 g/mol.